The number of ketones is 1. The van der Waals surface area contributed by atoms with E-state index in [1.54, 1.807) is 0 Å². The molecule has 106 valence electrons. The molecule has 0 amide bonds. The molecule has 1 aromatic carbocycles. The first-order chi connectivity index (χ1) is 10.3. The van der Waals surface area contributed by atoms with Crippen molar-refractivity contribution >= 4 is 16.7 Å². The largest absolute Gasteiger partial charge is 0.338 e. The van der Waals surface area contributed by atoms with Gasteiger partial charge in [0.25, 0.3) is 0 Å². The smallest absolute Gasteiger partial charge is 0.234 e. The van der Waals surface area contributed by atoms with Crippen LogP contribution in [0.25, 0.3) is 22.4 Å². The Hall–Kier alpha value is -2.56. The summed E-state index contributed by atoms with van der Waals surface area (Å²) in [5, 5.41) is 4.96. The molecule has 0 aliphatic carbocycles. The SMILES string of the molecule is CCCC(=O)Cc1nc(-c2ccc3ccccc3n2)no1. The van der Waals surface area contributed by atoms with E-state index in [9.17, 15) is 4.79 Å². The Morgan fingerprint density at radius 3 is 2.86 bits per heavy atom. The maximum Gasteiger partial charge on any atom is 0.234 e. The van der Waals surface area contributed by atoms with Gasteiger partial charge < -0.3 is 4.52 Å². The van der Waals surface area contributed by atoms with Crippen molar-refractivity contribution < 1.29 is 9.32 Å². The second-order valence-electron chi connectivity index (χ2n) is 4.87. The average Bonchev–Trinajstić information content (AvgIpc) is 2.95. The van der Waals surface area contributed by atoms with E-state index in [2.05, 4.69) is 15.1 Å². The van der Waals surface area contributed by atoms with Crippen molar-refractivity contribution in [2.45, 2.75) is 26.2 Å². The maximum atomic E-state index is 11.6. The minimum absolute atomic E-state index is 0.110. The number of nitrogens with zero attached hydrogens (tertiary/aromatic N) is 3. The molecular formula is C16H15N3O2. The fourth-order valence-corrected chi connectivity index (χ4v) is 2.16. The van der Waals surface area contributed by atoms with E-state index < -0.39 is 0 Å². The third kappa shape index (κ3) is 2.97. The predicted octanol–water partition coefficient (Wildman–Crippen LogP) is 3.20. The molecule has 0 fully saturated rings. The number of hydrogen-bond donors (Lipinski definition) is 0. The first-order valence-corrected chi connectivity index (χ1v) is 6.96. The first kappa shape index (κ1) is 13.4. The van der Waals surface area contributed by atoms with E-state index in [1.165, 1.54) is 0 Å². The number of fused-ring (bicyclic) bond motifs is 1. The molecule has 2 heterocycles. The molecule has 0 aliphatic rings. The van der Waals surface area contributed by atoms with Crippen molar-refractivity contribution in [3.05, 3.63) is 42.3 Å². The fraction of sp³-hybridized carbons (Fsp3) is 0.250. The Morgan fingerprint density at radius 1 is 1.14 bits per heavy atom. The van der Waals surface area contributed by atoms with Crippen LogP contribution in [0.2, 0.25) is 0 Å². The van der Waals surface area contributed by atoms with Crippen LogP contribution in [0.1, 0.15) is 25.7 Å². The maximum absolute atomic E-state index is 11.6. The van der Waals surface area contributed by atoms with E-state index >= 15 is 0 Å². The van der Waals surface area contributed by atoms with Gasteiger partial charge in [-0.15, -0.1) is 0 Å². The van der Waals surface area contributed by atoms with Crippen molar-refractivity contribution in [2.24, 2.45) is 0 Å². The summed E-state index contributed by atoms with van der Waals surface area (Å²) in [6.45, 7) is 1.97. The lowest BCUT2D eigenvalue weighted by Gasteiger charge is -1.98. The van der Waals surface area contributed by atoms with E-state index in [-0.39, 0.29) is 12.2 Å². The third-order valence-electron chi connectivity index (χ3n) is 3.17. The molecule has 0 spiro atoms. The number of para-hydroxylation sites is 1. The van der Waals surface area contributed by atoms with Crippen LogP contribution in [-0.2, 0) is 11.2 Å². The van der Waals surface area contributed by atoms with Crippen LogP contribution in [-0.4, -0.2) is 20.9 Å². The quantitative estimate of drug-likeness (QED) is 0.718. The lowest BCUT2D eigenvalue weighted by molar-refractivity contribution is -0.118. The van der Waals surface area contributed by atoms with Crippen LogP contribution in [0, 0.1) is 0 Å². The number of aromatic nitrogens is 3. The molecule has 0 atom stereocenters. The number of Topliss-reactive ketones (excluding diaryl/α,β-unsaturated/α-hetero) is 1. The molecule has 0 saturated heterocycles. The standard InChI is InChI=1S/C16H15N3O2/c1-2-5-12(20)10-15-18-16(19-21-15)14-9-8-11-6-3-4-7-13(11)17-14/h3-4,6-9H,2,5,10H2,1H3. The Kier molecular flexibility index (Phi) is 3.73. The molecule has 5 nitrogen and oxygen atoms in total. The molecule has 0 radical (unpaired) electrons. The van der Waals surface area contributed by atoms with Gasteiger partial charge in [0.15, 0.2) is 0 Å². The van der Waals surface area contributed by atoms with Crippen LogP contribution >= 0.6 is 0 Å². The van der Waals surface area contributed by atoms with E-state index in [0.29, 0.717) is 23.8 Å². The van der Waals surface area contributed by atoms with Gasteiger partial charge in [-0.3, -0.25) is 4.79 Å². The topological polar surface area (TPSA) is 68.9 Å². The zero-order chi connectivity index (χ0) is 14.7. The molecule has 2 aromatic heterocycles. The molecule has 0 saturated carbocycles. The summed E-state index contributed by atoms with van der Waals surface area (Å²) in [5.41, 5.74) is 1.52. The van der Waals surface area contributed by atoms with Gasteiger partial charge in [0.05, 0.1) is 11.9 Å². The van der Waals surface area contributed by atoms with Gasteiger partial charge >= 0.3 is 0 Å². The molecule has 21 heavy (non-hydrogen) atoms. The molecule has 3 aromatic rings. The van der Waals surface area contributed by atoms with Gasteiger partial charge in [-0.25, -0.2) is 4.98 Å². The highest BCUT2D eigenvalue weighted by Gasteiger charge is 2.13. The number of rotatable bonds is 5. The summed E-state index contributed by atoms with van der Waals surface area (Å²) in [6.07, 6.45) is 1.55. The molecule has 0 aliphatic heterocycles. The van der Waals surface area contributed by atoms with Crippen molar-refractivity contribution in [3.63, 3.8) is 0 Å². The van der Waals surface area contributed by atoms with E-state index in [1.807, 2.05) is 43.3 Å². The Balaban J connectivity index is 1.85. The van der Waals surface area contributed by atoms with Crippen molar-refractivity contribution in [3.8, 4) is 11.5 Å². The lowest BCUT2D eigenvalue weighted by atomic mass is 10.2. The summed E-state index contributed by atoms with van der Waals surface area (Å²) in [5.74, 6) is 0.873. The summed E-state index contributed by atoms with van der Waals surface area (Å²) < 4.78 is 5.13. The Morgan fingerprint density at radius 2 is 2.00 bits per heavy atom. The number of carbonyl (C=O) groups is 1. The number of benzene rings is 1. The zero-order valence-electron chi connectivity index (χ0n) is 11.7. The molecule has 5 heteroatoms. The summed E-state index contributed by atoms with van der Waals surface area (Å²) >= 11 is 0. The lowest BCUT2D eigenvalue weighted by Crippen LogP contribution is -2.01. The van der Waals surface area contributed by atoms with Crippen molar-refractivity contribution in [1.82, 2.24) is 15.1 Å². The van der Waals surface area contributed by atoms with Gasteiger partial charge in [-0.05, 0) is 18.6 Å². The number of hydrogen-bond acceptors (Lipinski definition) is 5. The average molecular weight is 281 g/mol. The van der Waals surface area contributed by atoms with Gasteiger partial charge in [0, 0.05) is 11.8 Å². The minimum Gasteiger partial charge on any atom is -0.338 e. The molecule has 0 bridgehead atoms. The van der Waals surface area contributed by atoms with Crippen LogP contribution in [0.15, 0.2) is 40.9 Å². The highest BCUT2D eigenvalue weighted by atomic mass is 16.5. The second-order valence-corrected chi connectivity index (χ2v) is 4.87. The molecular weight excluding hydrogens is 266 g/mol. The first-order valence-electron chi connectivity index (χ1n) is 6.96. The summed E-state index contributed by atoms with van der Waals surface area (Å²) in [4.78, 5) is 20.3. The third-order valence-corrected chi connectivity index (χ3v) is 3.17. The molecule has 0 N–H and O–H groups in total. The van der Waals surface area contributed by atoms with Gasteiger partial charge in [-0.2, -0.15) is 4.98 Å². The van der Waals surface area contributed by atoms with Crippen LogP contribution in [0.3, 0.4) is 0 Å². The van der Waals surface area contributed by atoms with Crippen LogP contribution in [0.4, 0.5) is 0 Å². The van der Waals surface area contributed by atoms with E-state index in [0.717, 1.165) is 17.3 Å². The number of carbonyl (C=O) groups excluding carboxylic acids is 1. The minimum atomic E-state index is 0.110. The summed E-state index contributed by atoms with van der Waals surface area (Å²) in [7, 11) is 0. The number of pyridine rings is 1. The normalized spacial score (nSPS) is 10.9. The molecule has 3 rings (SSSR count). The fourth-order valence-electron chi connectivity index (χ4n) is 2.16. The Labute approximate surface area is 122 Å². The van der Waals surface area contributed by atoms with Gasteiger partial charge in [0.1, 0.15) is 11.5 Å². The van der Waals surface area contributed by atoms with Gasteiger partial charge in [0.2, 0.25) is 11.7 Å². The van der Waals surface area contributed by atoms with Crippen molar-refractivity contribution in [2.75, 3.05) is 0 Å². The zero-order valence-corrected chi connectivity index (χ0v) is 11.7. The highest BCUT2D eigenvalue weighted by Crippen LogP contribution is 2.18. The van der Waals surface area contributed by atoms with Crippen molar-refractivity contribution in [1.29, 1.82) is 0 Å². The van der Waals surface area contributed by atoms with Gasteiger partial charge in [-0.1, -0.05) is 36.3 Å². The summed E-state index contributed by atoms with van der Waals surface area (Å²) in [6, 6.07) is 11.7. The monoisotopic (exact) mass is 281 g/mol. The molecule has 0 unspecified atom stereocenters. The second kappa shape index (κ2) is 5.83. The predicted molar refractivity (Wildman–Crippen MR) is 78.7 cm³/mol. The Bertz CT molecular complexity index is 780. The van der Waals surface area contributed by atoms with Crippen LogP contribution in [0.5, 0.6) is 0 Å². The highest BCUT2D eigenvalue weighted by molar-refractivity contribution is 5.81. The van der Waals surface area contributed by atoms with Crippen LogP contribution < -0.4 is 0 Å². The van der Waals surface area contributed by atoms with E-state index in [4.69, 9.17) is 4.52 Å².